The van der Waals surface area contributed by atoms with E-state index >= 15 is 0 Å². The van der Waals surface area contributed by atoms with E-state index in [1.54, 1.807) is 0 Å². The van der Waals surface area contributed by atoms with Gasteiger partial charge in [-0.3, -0.25) is 0 Å². The molecule has 1 aliphatic rings. The van der Waals surface area contributed by atoms with Gasteiger partial charge in [-0.2, -0.15) is 0 Å². The highest BCUT2D eigenvalue weighted by molar-refractivity contribution is 5.68. The fraction of sp³-hybridized carbons (Fsp3) is 0.941. The van der Waals surface area contributed by atoms with Gasteiger partial charge < -0.3 is 20.5 Å². The molecule has 0 aromatic rings. The summed E-state index contributed by atoms with van der Waals surface area (Å²) in [6.45, 7) is 11.1. The molecule has 22 heavy (non-hydrogen) atoms. The lowest BCUT2D eigenvalue weighted by Crippen LogP contribution is -2.45. The van der Waals surface area contributed by atoms with Crippen molar-refractivity contribution >= 4 is 6.09 Å². The molecule has 5 nitrogen and oxygen atoms in total. The minimum atomic E-state index is -0.443. The van der Waals surface area contributed by atoms with Crippen molar-refractivity contribution in [2.45, 2.75) is 84.4 Å². The van der Waals surface area contributed by atoms with Crippen molar-refractivity contribution in [1.29, 1.82) is 0 Å². The van der Waals surface area contributed by atoms with E-state index in [1.807, 2.05) is 20.8 Å². The van der Waals surface area contributed by atoms with Gasteiger partial charge in [-0.1, -0.05) is 13.8 Å². The number of amides is 1. The zero-order valence-corrected chi connectivity index (χ0v) is 14.9. The average Bonchev–Trinajstić information content (AvgIpc) is 2.35. The molecule has 1 saturated carbocycles. The number of nitrogens with one attached hydrogen (secondary N) is 2. The van der Waals surface area contributed by atoms with E-state index in [2.05, 4.69) is 24.5 Å². The molecule has 0 heterocycles. The van der Waals surface area contributed by atoms with Gasteiger partial charge in [0.15, 0.2) is 0 Å². The molecule has 0 unspecified atom stereocenters. The molecule has 130 valence electrons. The zero-order valence-electron chi connectivity index (χ0n) is 14.9. The van der Waals surface area contributed by atoms with E-state index in [0.717, 1.165) is 38.6 Å². The Morgan fingerprint density at radius 2 is 1.64 bits per heavy atom. The summed E-state index contributed by atoms with van der Waals surface area (Å²) < 4.78 is 5.30. The maximum Gasteiger partial charge on any atom is 0.407 e. The molecule has 5 heteroatoms. The topological polar surface area (TPSA) is 70.6 Å². The third-order valence-electron chi connectivity index (χ3n) is 4.11. The molecule has 0 radical (unpaired) electrons. The quantitative estimate of drug-likeness (QED) is 0.705. The summed E-state index contributed by atoms with van der Waals surface area (Å²) in [4.78, 5) is 11.8. The SMILES string of the molecule is CC(C)(CCO)CNC1CCC(NC(=O)OC(C)(C)C)CC1. The minimum absolute atomic E-state index is 0.125. The Labute approximate surface area is 135 Å². The highest BCUT2D eigenvalue weighted by Crippen LogP contribution is 2.22. The molecular formula is C17H34N2O3. The first kappa shape index (κ1) is 19.2. The third kappa shape index (κ3) is 7.99. The Morgan fingerprint density at radius 1 is 1.09 bits per heavy atom. The van der Waals surface area contributed by atoms with Crippen LogP contribution in [0.15, 0.2) is 0 Å². The lowest BCUT2D eigenvalue weighted by molar-refractivity contribution is 0.0489. The van der Waals surface area contributed by atoms with Gasteiger partial charge in [-0.15, -0.1) is 0 Å². The first-order chi connectivity index (χ1) is 10.1. The van der Waals surface area contributed by atoms with E-state index in [1.165, 1.54) is 0 Å². The first-order valence-corrected chi connectivity index (χ1v) is 8.45. The molecule has 1 aliphatic carbocycles. The number of carbonyl (C=O) groups excluding carboxylic acids is 1. The van der Waals surface area contributed by atoms with Crippen molar-refractivity contribution in [1.82, 2.24) is 10.6 Å². The second-order valence-electron chi connectivity index (χ2n) is 8.21. The number of ether oxygens (including phenoxy) is 1. The van der Waals surface area contributed by atoms with Gasteiger partial charge in [0.2, 0.25) is 0 Å². The van der Waals surface area contributed by atoms with Crippen molar-refractivity contribution < 1.29 is 14.6 Å². The molecule has 0 aromatic carbocycles. The summed E-state index contributed by atoms with van der Waals surface area (Å²) in [7, 11) is 0. The van der Waals surface area contributed by atoms with E-state index in [0.29, 0.717) is 6.04 Å². The normalized spacial score (nSPS) is 23.2. The predicted molar refractivity (Wildman–Crippen MR) is 88.9 cm³/mol. The van der Waals surface area contributed by atoms with Crippen LogP contribution in [0.1, 0.15) is 66.7 Å². The van der Waals surface area contributed by atoms with Crippen molar-refractivity contribution in [2.24, 2.45) is 5.41 Å². The smallest absolute Gasteiger partial charge is 0.407 e. The second kappa shape index (κ2) is 8.16. The van der Waals surface area contributed by atoms with Crippen LogP contribution in [0.4, 0.5) is 4.79 Å². The van der Waals surface area contributed by atoms with E-state index < -0.39 is 5.60 Å². The van der Waals surface area contributed by atoms with Gasteiger partial charge in [0, 0.05) is 25.2 Å². The van der Waals surface area contributed by atoms with Gasteiger partial charge in [0.05, 0.1) is 0 Å². The molecule has 0 bridgehead atoms. The van der Waals surface area contributed by atoms with Crippen LogP contribution in [0.3, 0.4) is 0 Å². The van der Waals surface area contributed by atoms with Crippen LogP contribution in [0.5, 0.6) is 0 Å². The molecule has 0 saturated heterocycles. The first-order valence-electron chi connectivity index (χ1n) is 8.45. The van der Waals surface area contributed by atoms with Crippen molar-refractivity contribution in [3.63, 3.8) is 0 Å². The number of rotatable bonds is 6. The van der Waals surface area contributed by atoms with Crippen molar-refractivity contribution in [3.8, 4) is 0 Å². The molecule has 3 N–H and O–H groups in total. The lowest BCUT2D eigenvalue weighted by Gasteiger charge is -2.33. The summed E-state index contributed by atoms with van der Waals surface area (Å²) in [5.74, 6) is 0. The fourth-order valence-corrected chi connectivity index (χ4v) is 2.73. The number of aliphatic hydroxyl groups excluding tert-OH is 1. The standard InChI is InChI=1S/C17H34N2O3/c1-16(2,3)22-15(21)19-14-8-6-13(7-9-14)18-12-17(4,5)10-11-20/h13-14,18,20H,6-12H2,1-5H3,(H,19,21). The number of alkyl carbamates (subject to hydrolysis) is 1. The summed E-state index contributed by atoms with van der Waals surface area (Å²) >= 11 is 0. The monoisotopic (exact) mass is 314 g/mol. The summed E-state index contributed by atoms with van der Waals surface area (Å²) in [5, 5.41) is 15.6. The van der Waals surface area contributed by atoms with Crippen molar-refractivity contribution in [2.75, 3.05) is 13.2 Å². The Morgan fingerprint density at radius 3 is 2.14 bits per heavy atom. The van der Waals surface area contributed by atoms with Gasteiger partial charge in [0.25, 0.3) is 0 Å². The fourth-order valence-electron chi connectivity index (χ4n) is 2.73. The minimum Gasteiger partial charge on any atom is -0.444 e. The zero-order chi connectivity index (χ0) is 16.8. The summed E-state index contributed by atoms with van der Waals surface area (Å²) in [6.07, 6.45) is 4.60. The molecular weight excluding hydrogens is 280 g/mol. The number of hydrogen-bond donors (Lipinski definition) is 3. The van der Waals surface area contributed by atoms with Crippen LogP contribution in [0.25, 0.3) is 0 Å². The van der Waals surface area contributed by atoms with Crippen LogP contribution in [-0.4, -0.2) is 42.0 Å². The number of carbonyl (C=O) groups is 1. The van der Waals surface area contributed by atoms with E-state index in [4.69, 9.17) is 9.84 Å². The van der Waals surface area contributed by atoms with E-state index in [-0.39, 0.29) is 24.2 Å². The molecule has 1 amide bonds. The van der Waals surface area contributed by atoms with Gasteiger partial charge in [-0.05, 0) is 58.3 Å². The molecule has 0 aromatic heterocycles. The Bertz CT molecular complexity index is 342. The summed E-state index contributed by atoms with van der Waals surface area (Å²) in [6, 6.07) is 0.730. The number of hydrogen-bond acceptors (Lipinski definition) is 4. The van der Waals surface area contributed by atoms with Crippen LogP contribution in [0, 0.1) is 5.41 Å². The maximum atomic E-state index is 11.8. The molecule has 1 fully saturated rings. The largest absolute Gasteiger partial charge is 0.444 e. The van der Waals surface area contributed by atoms with Crippen molar-refractivity contribution in [3.05, 3.63) is 0 Å². The summed E-state index contributed by atoms with van der Waals surface area (Å²) in [5.41, 5.74) is -0.318. The molecule has 0 aliphatic heterocycles. The van der Waals surface area contributed by atoms with Crippen LogP contribution in [-0.2, 0) is 4.74 Å². The third-order valence-corrected chi connectivity index (χ3v) is 4.11. The lowest BCUT2D eigenvalue weighted by atomic mass is 9.87. The van der Waals surface area contributed by atoms with Crippen LogP contribution in [0.2, 0.25) is 0 Å². The van der Waals surface area contributed by atoms with Gasteiger partial charge >= 0.3 is 6.09 Å². The maximum absolute atomic E-state index is 11.8. The van der Waals surface area contributed by atoms with E-state index in [9.17, 15) is 4.79 Å². The second-order valence-corrected chi connectivity index (χ2v) is 8.21. The van der Waals surface area contributed by atoms with Crippen LogP contribution >= 0.6 is 0 Å². The molecule has 1 rings (SSSR count). The number of aliphatic hydroxyl groups is 1. The predicted octanol–water partition coefficient (Wildman–Crippen LogP) is 2.82. The molecule has 0 spiro atoms. The molecule has 0 atom stereocenters. The van der Waals surface area contributed by atoms with Gasteiger partial charge in [0.1, 0.15) is 5.60 Å². The van der Waals surface area contributed by atoms with Gasteiger partial charge in [-0.25, -0.2) is 4.79 Å². The highest BCUT2D eigenvalue weighted by atomic mass is 16.6. The van der Waals surface area contributed by atoms with Crippen LogP contribution < -0.4 is 10.6 Å². The Kier molecular flexibility index (Phi) is 7.13. The Balaban J connectivity index is 2.25. The Hall–Kier alpha value is -0.810. The average molecular weight is 314 g/mol. The highest BCUT2D eigenvalue weighted by Gasteiger charge is 2.26.